The molecule has 0 spiro atoms. The fourth-order valence-corrected chi connectivity index (χ4v) is 4.29. The van der Waals surface area contributed by atoms with Crippen LogP contribution in [0.3, 0.4) is 0 Å². The van der Waals surface area contributed by atoms with E-state index in [1.54, 1.807) is 17.5 Å². The van der Waals surface area contributed by atoms with Crippen LogP contribution in [0.5, 0.6) is 5.75 Å². The molecule has 26 heavy (non-hydrogen) atoms. The first-order valence-corrected chi connectivity index (χ1v) is 9.58. The Morgan fingerprint density at radius 2 is 2.12 bits per heavy atom. The van der Waals surface area contributed by atoms with Crippen LogP contribution in [0.25, 0.3) is 10.8 Å². The van der Waals surface area contributed by atoms with Crippen molar-refractivity contribution in [2.75, 3.05) is 13.2 Å². The van der Waals surface area contributed by atoms with E-state index in [2.05, 4.69) is 23.2 Å². The molecule has 1 aliphatic rings. The monoisotopic (exact) mass is 368 g/mol. The number of nitrogens with zero attached hydrogens (tertiary/aromatic N) is 2. The van der Waals surface area contributed by atoms with Gasteiger partial charge in [-0.3, -0.25) is 0 Å². The number of carbonyl (C=O) groups is 1. The zero-order valence-corrected chi connectivity index (χ0v) is 15.1. The molecule has 0 saturated carbocycles. The molecule has 1 aliphatic heterocycles. The van der Waals surface area contributed by atoms with Gasteiger partial charge in [-0.1, -0.05) is 30.3 Å². The zero-order valence-electron chi connectivity index (χ0n) is 14.2. The Morgan fingerprint density at radius 3 is 2.88 bits per heavy atom. The molecule has 6 heteroatoms. The first-order chi connectivity index (χ1) is 12.7. The van der Waals surface area contributed by atoms with Gasteiger partial charge in [-0.25, -0.2) is 9.78 Å². The number of rotatable bonds is 5. The molecule has 1 N–H and O–H groups in total. The lowest BCUT2D eigenvalue weighted by atomic mass is 9.99. The molecule has 3 aromatic rings. The molecule has 1 saturated heterocycles. The molecule has 2 unspecified atom stereocenters. The number of hydrogen-bond acceptors (Lipinski definition) is 4. The molecule has 1 aromatic heterocycles. The number of amides is 1. The standard InChI is InChI=1S/C20H20N2O3S/c23-20(24)22-9-7-16(18(22)12-19-21-8-10-26-19)13-25-17-6-5-14-3-1-2-4-15(14)11-17/h1-6,8,10-11,16,18H,7,9,12-13H2,(H,23,24). The van der Waals surface area contributed by atoms with Gasteiger partial charge in [0, 0.05) is 36.5 Å². The van der Waals surface area contributed by atoms with Crippen LogP contribution >= 0.6 is 11.3 Å². The maximum Gasteiger partial charge on any atom is 0.407 e. The van der Waals surface area contributed by atoms with Crippen LogP contribution in [0.1, 0.15) is 11.4 Å². The number of fused-ring (bicyclic) bond motifs is 1. The van der Waals surface area contributed by atoms with E-state index >= 15 is 0 Å². The summed E-state index contributed by atoms with van der Waals surface area (Å²) in [6.45, 7) is 1.06. The fraction of sp³-hybridized carbons (Fsp3) is 0.300. The Bertz CT molecular complexity index is 897. The minimum absolute atomic E-state index is 0.0842. The molecule has 134 valence electrons. The van der Waals surface area contributed by atoms with Gasteiger partial charge >= 0.3 is 6.09 Å². The normalized spacial score (nSPS) is 19.8. The Morgan fingerprint density at radius 1 is 1.27 bits per heavy atom. The van der Waals surface area contributed by atoms with Gasteiger partial charge in [-0.2, -0.15) is 0 Å². The Labute approximate surface area is 155 Å². The van der Waals surface area contributed by atoms with Crippen molar-refractivity contribution in [2.45, 2.75) is 18.9 Å². The van der Waals surface area contributed by atoms with E-state index in [0.29, 0.717) is 19.6 Å². The van der Waals surface area contributed by atoms with E-state index in [9.17, 15) is 9.90 Å². The lowest BCUT2D eigenvalue weighted by Gasteiger charge is -2.25. The summed E-state index contributed by atoms with van der Waals surface area (Å²) in [6, 6.07) is 14.1. The average molecular weight is 368 g/mol. The highest BCUT2D eigenvalue weighted by atomic mass is 32.1. The van der Waals surface area contributed by atoms with E-state index < -0.39 is 6.09 Å². The first-order valence-electron chi connectivity index (χ1n) is 8.70. The molecular weight excluding hydrogens is 348 g/mol. The second kappa shape index (κ2) is 7.33. The first kappa shape index (κ1) is 16.8. The minimum Gasteiger partial charge on any atom is -0.493 e. The van der Waals surface area contributed by atoms with E-state index in [1.165, 1.54) is 10.3 Å². The Kier molecular flexibility index (Phi) is 4.75. The smallest absolute Gasteiger partial charge is 0.407 e. The maximum absolute atomic E-state index is 11.6. The van der Waals surface area contributed by atoms with Crippen molar-refractivity contribution in [2.24, 2.45) is 5.92 Å². The van der Waals surface area contributed by atoms with E-state index in [1.807, 2.05) is 29.6 Å². The van der Waals surface area contributed by atoms with E-state index in [-0.39, 0.29) is 12.0 Å². The summed E-state index contributed by atoms with van der Waals surface area (Å²) in [5, 5.41) is 14.7. The number of carboxylic acid groups (broad SMARTS) is 1. The van der Waals surface area contributed by atoms with Gasteiger partial charge in [0.15, 0.2) is 0 Å². The molecule has 5 nitrogen and oxygen atoms in total. The molecule has 1 fully saturated rings. The molecule has 1 amide bonds. The minimum atomic E-state index is -0.861. The van der Waals surface area contributed by atoms with Gasteiger partial charge in [0.2, 0.25) is 0 Å². The summed E-state index contributed by atoms with van der Waals surface area (Å²) in [5.41, 5.74) is 0. The molecular formula is C20H20N2O3S. The van der Waals surface area contributed by atoms with Crippen molar-refractivity contribution in [1.82, 2.24) is 9.88 Å². The molecule has 0 radical (unpaired) electrons. The van der Waals surface area contributed by atoms with Crippen LogP contribution in [0.4, 0.5) is 4.79 Å². The van der Waals surface area contributed by atoms with Crippen molar-refractivity contribution in [3.63, 3.8) is 0 Å². The fourth-order valence-electron chi connectivity index (χ4n) is 3.62. The van der Waals surface area contributed by atoms with Crippen molar-refractivity contribution in [3.8, 4) is 5.75 Å². The Balaban J connectivity index is 1.47. The highest BCUT2D eigenvalue weighted by molar-refractivity contribution is 7.09. The number of thiazole rings is 1. The number of ether oxygens (including phenoxy) is 1. The van der Waals surface area contributed by atoms with Crippen molar-refractivity contribution >= 4 is 28.2 Å². The van der Waals surface area contributed by atoms with Crippen LogP contribution in [-0.2, 0) is 6.42 Å². The van der Waals surface area contributed by atoms with E-state index in [0.717, 1.165) is 22.6 Å². The lowest BCUT2D eigenvalue weighted by molar-refractivity contribution is 0.127. The molecule has 2 atom stereocenters. The summed E-state index contributed by atoms with van der Waals surface area (Å²) in [7, 11) is 0. The quantitative estimate of drug-likeness (QED) is 0.730. The summed E-state index contributed by atoms with van der Waals surface area (Å²) in [4.78, 5) is 17.4. The maximum atomic E-state index is 11.6. The third-order valence-corrected chi connectivity index (χ3v) is 5.79. The van der Waals surface area contributed by atoms with Gasteiger partial charge in [0.1, 0.15) is 5.75 Å². The third-order valence-electron chi connectivity index (χ3n) is 4.98. The second-order valence-electron chi connectivity index (χ2n) is 6.54. The number of hydrogen-bond donors (Lipinski definition) is 1. The van der Waals surface area contributed by atoms with Gasteiger partial charge < -0.3 is 14.7 Å². The summed E-state index contributed by atoms with van der Waals surface area (Å²) in [5.74, 6) is 0.993. The SMILES string of the molecule is O=C(O)N1CCC(COc2ccc3ccccc3c2)C1Cc1nccs1. The second-order valence-corrected chi connectivity index (χ2v) is 7.52. The van der Waals surface area contributed by atoms with E-state index in [4.69, 9.17) is 4.74 Å². The molecule has 0 bridgehead atoms. The predicted molar refractivity (Wildman–Crippen MR) is 102 cm³/mol. The number of likely N-dealkylation sites (tertiary alicyclic amines) is 1. The van der Waals surface area contributed by atoms with Crippen LogP contribution in [0.2, 0.25) is 0 Å². The van der Waals surface area contributed by atoms with Crippen molar-refractivity contribution in [1.29, 1.82) is 0 Å². The summed E-state index contributed by atoms with van der Waals surface area (Å²) < 4.78 is 6.04. The van der Waals surface area contributed by atoms with Crippen LogP contribution in [0, 0.1) is 5.92 Å². The van der Waals surface area contributed by atoms with Gasteiger partial charge in [-0.05, 0) is 29.3 Å². The Hall–Kier alpha value is -2.60. The summed E-state index contributed by atoms with van der Waals surface area (Å²) >= 11 is 1.57. The lowest BCUT2D eigenvalue weighted by Crippen LogP contribution is -2.39. The largest absolute Gasteiger partial charge is 0.493 e. The molecule has 2 aromatic carbocycles. The average Bonchev–Trinajstić information content (AvgIpc) is 3.30. The predicted octanol–water partition coefficient (Wildman–Crippen LogP) is 4.29. The highest BCUT2D eigenvalue weighted by Gasteiger charge is 2.38. The third kappa shape index (κ3) is 3.51. The van der Waals surface area contributed by atoms with Gasteiger partial charge in [-0.15, -0.1) is 11.3 Å². The van der Waals surface area contributed by atoms with Gasteiger partial charge in [0.25, 0.3) is 0 Å². The van der Waals surface area contributed by atoms with Crippen LogP contribution in [0.15, 0.2) is 54.0 Å². The molecule has 0 aliphatic carbocycles. The van der Waals surface area contributed by atoms with Gasteiger partial charge in [0.05, 0.1) is 11.6 Å². The highest BCUT2D eigenvalue weighted by Crippen LogP contribution is 2.29. The molecule has 4 rings (SSSR count). The van der Waals surface area contributed by atoms with Crippen molar-refractivity contribution < 1.29 is 14.6 Å². The van der Waals surface area contributed by atoms with Crippen molar-refractivity contribution in [3.05, 3.63) is 59.0 Å². The zero-order chi connectivity index (χ0) is 17.9. The van der Waals surface area contributed by atoms with Crippen LogP contribution in [-0.4, -0.2) is 40.3 Å². The number of aromatic nitrogens is 1. The summed E-state index contributed by atoms with van der Waals surface area (Å²) in [6.07, 6.45) is 2.37. The number of benzene rings is 2. The van der Waals surface area contributed by atoms with Crippen LogP contribution < -0.4 is 4.74 Å². The topological polar surface area (TPSA) is 62.7 Å². The molecule has 2 heterocycles.